The van der Waals surface area contributed by atoms with Gasteiger partial charge in [0, 0.05) is 30.3 Å². The van der Waals surface area contributed by atoms with E-state index >= 15 is 0 Å². The summed E-state index contributed by atoms with van der Waals surface area (Å²) in [7, 11) is 0. The lowest BCUT2D eigenvalue weighted by Gasteiger charge is -2.29. The fraction of sp³-hybridized carbons (Fsp3) is 0.438. The highest BCUT2D eigenvalue weighted by Crippen LogP contribution is 2.35. The lowest BCUT2D eigenvalue weighted by molar-refractivity contribution is 0.474. The molecule has 0 fully saturated rings. The topological polar surface area (TPSA) is 29.9 Å². The van der Waals surface area contributed by atoms with E-state index in [1.165, 1.54) is 23.1 Å². The van der Waals surface area contributed by atoms with E-state index < -0.39 is 0 Å². The zero-order valence-corrected chi connectivity index (χ0v) is 11.6. The summed E-state index contributed by atoms with van der Waals surface area (Å²) in [4.78, 5) is 0. The Labute approximate surface area is 114 Å². The van der Waals surface area contributed by atoms with E-state index in [1.54, 1.807) is 0 Å². The van der Waals surface area contributed by atoms with Gasteiger partial charge in [-0.1, -0.05) is 31.2 Å². The lowest BCUT2D eigenvalue weighted by Crippen LogP contribution is -2.22. The molecule has 0 aliphatic heterocycles. The molecule has 0 bridgehead atoms. The predicted octanol–water partition coefficient (Wildman–Crippen LogP) is 2.89. The molecule has 1 aliphatic carbocycles. The quantitative estimate of drug-likeness (QED) is 0.890. The van der Waals surface area contributed by atoms with Crippen LogP contribution in [-0.4, -0.2) is 16.3 Å². The summed E-state index contributed by atoms with van der Waals surface area (Å²) in [6, 6.07) is 9.11. The maximum Gasteiger partial charge on any atom is 0.0537 e. The molecule has 19 heavy (non-hydrogen) atoms. The smallest absolute Gasteiger partial charge is 0.0537 e. The van der Waals surface area contributed by atoms with Gasteiger partial charge in [-0.05, 0) is 31.0 Å². The number of fused-ring (bicyclic) bond motifs is 1. The molecule has 1 heterocycles. The molecule has 1 aromatic carbocycles. The second-order valence-electron chi connectivity index (χ2n) is 5.37. The first-order valence-corrected chi connectivity index (χ1v) is 7.11. The molecule has 1 aromatic heterocycles. The van der Waals surface area contributed by atoms with Gasteiger partial charge in [0.1, 0.15) is 0 Å². The number of hydrogen-bond acceptors (Lipinski definition) is 2. The van der Waals surface area contributed by atoms with Crippen molar-refractivity contribution in [2.75, 3.05) is 6.54 Å². The number of nitrogens with zero attached hydrogens (tertiary/aromatic N) is 2. The van der Waals surface area contributed by atoms with Gasteiger partial charge in [0.2, 0.25) is 0 Å². The molecule has 2 aromatic rings. The molecule has 3 heteroatoms. The molecule has 0 spiro atoms. The Hall–Kier alpha value is -1.61. The summed E-state index contributed by atoms with van der Waals surface area (Å²) >= 11 is 0. The van der Waals surface area contributed by atoms with E-state index in [2.05, 4.69) is 59.4 Å². The van der Waals surface area contributed by atoms with Crippen molar-refractivity contribution >= 4 is 0 Å². The van der Waals surface area contributed by atoms with Crippen LogP contribution in [0.3, 0.4) is 0 Å². The van der Waals surface area contributed by atoms with Crippen molar-refractivity contribution < 1.29 is 0 Å². The average molecular weight is 255 g/mol. The monoisotopic (exact) mass is 255 g/mol. The van der Waals surface area contributed by atoms with E-state index in [1.807, 2.05) is 6.20 Å². The summed E-state index contributed by atoms with van der Waals surface area (Å²) in [6.07, 6.45) is 5.35. The van der Waals surface area contributed by atoms with E-state index in [0.717, 1.165) is 13.1 Å². The molecule has 0 saturated carbocycles. The summed E-state index contributed by atoms with van der Waals surface area (Å²) in [6.45, 7) is 6.30. The summed E-state index contributed by atoms with van der Waals surface area (Å²) in [5.74, 6) is 0.637. The Morgan fingerprint density at radius 3 is 3.05 bits per heavy atom. The van der Waals surface area contributed by atoms with E-state index in [0.29, 0.717) is 12.0 Å². The second kappa shape index (κ2) is 5.17. The molecule has 1 N–H and O–H groups in total. The van der Waals surface area contributed by atoms with Crippen LogP contribution in [0.1, 0.15) is 42.5 Å². The minimum absolute atomic E-state index is 0.382. The van der Waals surface area contributed by atoms with Crippen LogP contribution in [0.25, 0.3) is 0 Å². The third-order valence-electron chi connectivity index (χ3n) is 4.03. The van der Waals surface area contributed by atoms with Crippen molar-refractivity contribution in [1.82, 2.24) is 15.1 Å². The standard InChI is InChI=1S/C16H21N3/c1-3-17-12(2)15-9-18-19(11-15)10-14-8-13-6-4-5-7-16(13)14/h4-7,9,11-12,14,17H,3,8,10H2,1-2H3. The first kappa shape index (κ1) is 12.4. The summed E-state index contributed by atoms with van der Waals surface area (Å²) < 4.78 is 2.09. The molecule has 3 rings (SSSR count). The number of aromatic nitrogens is 2. The van der Waals surface area contributed by atoms with Gasteiger partial charge < -0.3 is 5.32 Å². The van der Waals surface area contributed by atoms with Gasteiger partial charge >= 0.3 is 0 Å². The molecule has 2 unspecified atom stereocenters. The highest BCUT2D eigenvalue weighted by Gasteiger charge is 2.25. The van der Waals surface area contributed by atoms with Crippen LogP contribution in [0.5, 0.6) is 0 Å². The van der Waals surface area contributed by atoms with Crippen molar-refractivity contribution in [3.05, 3.63) is 53.3 Å². The van der Waals surface area contributed by atoms with Gasteiger partial charge in [0.15, 0.2) is 0 Å². The molecule has 0 saturated heterocycles. The Kier molecular flexibility index (Phi) is 3.38. The Morgan fingerprint density at radius 2 is 2.26 bits per heavy atom. The van der Waals surface area contributed by atoms with Crippen LogP contribution in [0.2, 0.25) is 0 Å². The normalized spacial score (nSPS) is 18.7. The van der Waals surface area contributed by atoms with E-state index in [9.17, 15) is 0 Å². The maximum atomic E-state index is 4.49. The van der Waals surface area contributed by atoms with Crippen molar-refractivity contribution in [3.8, 4) is 0 Å². The molecule has 0 amide bonds. The average Bonchev–Trinajstić information content (AvgIpc) is 2.85. The number of benzene rings is 1. The second-order valence-corrected chi connectivity index (χ2v) is 5.37. The Bertz CT molecular complexity index is 559. The molecule has 100 valence electrons. The van der Waals surface area contributed by atoms with Crippen LogP contribution in [-0.2, 0) is 13.0 Å². The molecule has 3 nitrogen and oxygen atoms in total. The summed E-state index contributed by atoms with van der Waals surface area (Å²) in [5, 5.41) is 7.91. The number of hydrogen-bond donors (Lipinski definition) is 1. The zero-order chi connectivity index (χ0) is 13.2. The largest absolute Gasteiger partial charge is 0.310 e. The SMILES string of the molecule is CCNC(C)c1cnn(CC2Cc3ccccc32)c1. The fourth-order valence-corrected chi connectivity index (χ4v) is 2.88. The van der Waals surface area contributed by atoms with Crippen molar-refractivity contribution in [1.29, 1.82) is 0 Å². The summed E-state index contributed by atoms with van der Waals surface area (Å²) in [5.41, 5.74) is 4.27. The maximum absolute atomic E-state index is 4.49. The molecule has 2 atom stereocenters. The van der Waals surface area contributed by atoms with Crippen molar-refractivity contribution in [2.24, 2.45) is 0 Å². The van der Waals surface area contributed by atoms with Gasteiger partial charge in [0.25, 0.3) is 0 Å². The third-order valence-corrected chi connectivity index (χ3v) is 4.03. The van der Waals surface area contributed by atoms with Gasteiger partial charge in [0.05, 0.1) is 6.20 Å². The van der Waals surface area contributed by atoms with Gasteiger partial charge in [-0.15, -0.1) is 0 Å². The van der Waals surface area contributed by atoms with E-state index in [4.69, 9.17) is 0 Å². The molecular formula is C16H21N3. The number of rotatable bonds is 5. The van der Waals surface area contributed by atoms with Crippen molar-refractivity contribution in [2.45, 2.75) is 38.8 Å². The molecule has 1 aliphatic rings. The fourth-order valence-electron chi connectivity index (χ4n) is 2.88. The zero-order valence-electron chi connectivity index (χ0n) is 11.6. The number of nitrogens with one attached hydrogen (secondary N) is 1. The van der Waals surface area contributed by atoms with Gasteiger partial charge in [-0.25, -0.2) is 0 Å². The Balaban J connectivity index is 1.66. The van der Waals surface area contributed by atoms with Crippen LogP contribution in [0.15, 0.2) is 36.7 Å². The molecular weight excluding hydrogens is 234 g/mol. The van der Waals surface area contributed by atoms with Crippen LogP contribution >= 0.6 is 0 Å². The first-order chi connectivity index (χ1) is 9.28. The lowest BCUT2D eigenvalue weighted by atomic mass is 9.78. The van der Waals surface area contributed by atoms with E-state index in [-0.39, 0.29) is 0 Å². The van der Waals surface area contributed by atoms with Gasteiger partial charge in [-0.3, -0.25) is 4.68 Å². The minimum atomic E-state index is 0.382. The highest BCUT2D eigenvalue weighted by molar-refractivity contribution is 5.39. The Morgan fingerprint density at radius 1 is 1.42 bits per heavy atom. The van der Waals surface area contributed by atoms with Crippen molar-refractivity contribution in [3.63, 3.8) is 0 Å². The predicted molar refractivity (Wildman–Crippen MR) is 77.2 cm³/mol. The minimum Gasteiger partial charge on any atom is -0.310 e. The highest BCUT2D eigenvalue weighted by atomic mass is 15.3. The van der Waals surface area contributed by atoms with Crippen LogP contribution < -0.4 is 5.32 Å². The first-order valence-electron chi connectivity index (χ1n) is 7.11. The third kappa shape index (κ3) is 2.43. The van der Waals surface area contributed by atoms with Gasteiger partial charge in [-0.2, -0.15) is 5.10 Å². The molecule has 0 radical (unpaired) electrons. The van der Waals surface area contributed by atoms with Crippen LogP contribution in [0.4, 0.5) is 0 Å². The van der Waals surface area contributed by atoms with Crippen LogP contribution in [0, 0.1) is 0 Å².